The number of amidine groups is 1. The number of benzene rings is 5. The fraction of sp³-hybridized carbons (Fsp3) is 0.0870. The molecular weight excluding hydrogens is 689 g/mol. The highest BCUT2D eigenvalue weighted by molar-refractivity contribution is 8.14. The van der Waals surface area contributed by atoms with Crippen LogP contribution >= 0.6 is 11.8 Å². The van der Waals surface area contributed by atoms with Crippen LogP contribution in [0.4, 0.5) is 0 Å². The number of amides is 3. The summed E-state index contributed by atoms with van der Waals surface area (Å²) in [4.78, 5) is 47.5. The quantitative estimate of drug-likeness (QED) is 0.0820. The number of allylic oxidation sites excluding steroid dienone is 4. The predicted molar refractivity (Wildman–Crippen MR) is 221 cm³/mol. The van der Waals surface area contributed by atoms with Crippen LogP contribution in [0.5, 0.6) is 0 Å². The van der Waals surface area contributed by atoms with Crippen molar-refractivity contribution in [1.82, 2.24) is 14.8 Å². The van der Waals surface area contributed by atoms with Gasteiger partial charge in [0.1, 0.15) is 5.57 Å². The highest BCUT2D eigenvalue weighted by Crippen LogP contribution is 2.31. The van der Waals surface area contributed by atoms with Crippen molar-refractivity contribution in [2.45, 2.75) is 19.5 Å². The molecule has 7 rings (SSSR count). The lowest BCUT2D eigenvalue weighted by Gasteiger charge is -2.28. The fourth-order valence-electron chi connectivity index (χ4n) is 6.68. The molecule has 0 saturated heterocycles. The molecule has 5 aromatic carbocycles. The normalized spacial score (nSPS) is 14.4. The van der Waals surface area contributed by atoms with E-state index in [-0.39, 0.29) is 28.4 Å². The van der Waals surface area contributed by atoms with Crippen molar-refractivity contribution in [3.05, 3.63) is 198 Å². The number of aromatic nitrogens is 1. The number of thioether (sulfide) groups is 1. The van der Waals surface area contributed by atoms with E-state index in [0.29, 0.717) is 12.2 Å². The average Bonchev–Trinajstić information content (AvgIpc) is 3.55. The Balaban J connectivity index is 1.20. The van der Waals surface area contributed by atoms with Gasteiger partial charge in [0.25, 0.3) is 11.8 Å². The molecule has 266 valence electrons. The highest BCUT2D eigenvalue weighted by Gasteiger charge is 2.35. The number of carbonyl (C=O) groups excluding carboxylic acids is 3. The molecule has 0 atom stereocenters. The van der Waals surface area contributed by atoms with Crippen LogP contribution in [0.25, 0.3) is 27.8 Å². The Labute approximate surface area is 318 Å². The van der Waals surface area contributed by atoms with Crippen LogP contribution in [0.15, 0.2) is 181 Å². The summed E-state index contributed by atoms with van der Waals surface area (Å²) in [5.41, 5.74) is 5.15. The zero-order valence-electron chi connectivity index (χ0n) is 29.8. The molecule has 0 bridgehead atoms. The number of nitrogens with one attached hydrogen (secondary N) is 1. The summed E-state index contributed by atoms with van der Waals surface area (Å²) in [6, 6.07) is 41.6. The molecular formula is C46H38N4O3S. The smallest absolute Gasteiger partial charge is 0.285 e. The standard InChI is InChI=1S/C46H38N4O3S/c1-3-5-24-37(4-2)50-45(53)40(28-36-30-49(41-27-15-14-26-39(36)41)29-35-23-16-22-32-17-12-13-25-38(32)35)44(52)48-46(50)54-31-42(51)47-43(33-18-8-6-9-19-33)34-20-10-7-11-21-34/h3-28,30,43H,1,29,31H2,2H3,(H,47,51)/b24-5-,37-4+,40-28+. The van der Waals surface area contributed by atoms with Crippen molar-refractivity contribution in [1.29, 1.82) is 0 Å². The van der Waals surface area contributed by atoms with Gasteiger partial charge in [0.15, 0.2) is 5.17 Å². The summed E-state index contributed by atoms with van der Waals surface area (Å²) >= 11 is 1.04. The van der Waals surface area contributed by atoms with E-state index in [1.165, 1.54) is 10.3 Å². The number of aliphatic imine (C=N–C) groups is 1. The van der Waals surface area contributed by atoms with Gasteiger partial charge in [-0.2, -0.15) is 4.99 Å². The minimum atomic E-state index is -0.667. The molecule has 0 aliphatic carbocycles. The van der Waals surface area contributed by atoms with Gasteiger partial charge < -0.3 is 9.88 Å². The van der Waals surface area contributed by atoms with Crippen LogP contribution in [-0.4, -0.2) is 38.1 Å². The first kappa shape index (κ1) is 35.9. The minimum absolute atomic E-state index is 0.0727. The lowest BCUT2D eigenvalue weighted by Crippen LogP contribution is -2.42. The summed E-state index contributed by atoms with van der Waals surface area (Å²) in [6.45, 7) is 6.18. The van der Waals surface area contributed by atoms with E-state index in [9.17, 15) is 14.4 Å². The SMILES string of the molecule is C=C/C=C\C(=C/C)N1C(=O)/C(=C/c2cn(Cc3cccc4ccccc34)c3ccccc23)C(=O)N=C1SCC(=O)NC(c1ccccc1)c1ccccc1. The molecule has 6 aromatic rings. The molecule has 1 aliphatic heterocycles. The molecule has 0 unspecified atom stereocenters. The van der Waals surface area contributed by atoms with Gasteiger partial charge >= 0.3 is 0 Å². The van der Waals surface area contributed by atoms with Crippen LogP contribution < -0.4 is 5.32 Å². The lowest BCUT2D eigenvalue weighted by molar-refractivity contribution is -0.126. The van der Waals surface area contributed by atoms with Crippen molar-refractivity contribution >= 4 is 62.4 Å². The zero-order chi connectivity index (χ0) is 37.4. The topological polar surface area (TPSA) is 83.8 Å². The summed E-state index contributed by atoms with van der Waals surface area (Å²) in [7, 11) is 0. The van der Waals surface area contributed by atoms with Crippen LogP contribution in [0.3, 0.4) is 0 Å². The summed E-state index contributed by atoms with van der Waals surface area (Å²) in [5, 5.41) is 6.49. The molecule has 1 aliphatic rings. The summed E-state index contributed by atoms with van der Waals surface area (Å²) < 4.78 is 2.14. The monoisotopic (exact) mass is 726 g/mol. The molecule has 8 heteroatoms. The van der Waals surface area contributed by atoms with Crippen molar-refractivity contribution in [3.63, 3.8) is 0 Å². The first-order valence-electron chi connectivity index (χ1n) is 17.7. The van der Waals surface area contributed by atoms with E-state index < -0.39 is 11.8 Å². The van der Waals surface area contributed by atoms with Crippen LogP contribution in [0.2, 0.25) is 0 Å². The third-order valence-corrected chi connectivity index (χ3v) is 10.2. The minimum Gasteiger partial charge on any atom is -0.344 e. The number of rotatable bonds is 11. The summed E-state index contributed by atoms with van der Waals surface area (Å²) in [6.07, 6.45) is 10.4. The Morgan fingerprint density at radius 3 is 2.19 bits per heavy atom. The van der Waals surface area contributed by atoms with Gasteiger partial charge in [-0.05, 0) is 52.6 Å². The van der Waals surface area contributed by atoms with E-state index in [0.717, 1.165) is 50.3 Å². The maximum Gasteiger partial charge on any atom is 0.285 e. The number of hydrogen-bond acceptors (Lipinski definition) is 4. The molecule has 54 heavy (non-hydrogen) atoms. The van der Waals surface area contributed by atoms with E-state index in [1.807, 2.05) is 103 Å². The maximum atomic E-state index is 14.4. The predicted octanol–water partition coefficient (Wildman–Crippen LogP) is 9.24. The highest BCUT2D eigenvalue weighted by atomic mass is 32.2. The molecule has 7 nitrogen and oxygen atoms in total. The van der Waals surface area contributed by atoms with E-state index in [2.05, 4.69) is 51.8 Å². The maximum absolute atomic E-state index is 14.4. The second-order valence-corrected chi connectivity index (χ2v) is 13.6. The molecule has 0 radical (unpaired) electrons. The van der Waals surface area contributed by atoms with Gasteiger partial charge in [0.2, 0.25) is 5.91 Å². The van der Waals surface area contributed by atoms with E-state index >= 15 is 0 Å². The number of hydrogen-bond donors (Lipinski definition) is 1. The van der Waals surface area contributed by atoms with Crippen LogP contribution in [0, 0.1) is 0 Å². The molecule has 0 fully saturated rings. The van der Waals surface area contributed by atoms with Crippen molar-refractivity contribution < 1.29 is 14.4 Å². The first-order valence-corrected chi connectivity index (χ1v) is 18.6. The summed E-state index contributed by atoms with van der Waals surface area (Å²) in [5.74, 6) is -1.55. The number of fused-ring (bicyclic) bond motifs is 2. The molecule has 3 amide bonds. The molecule has 1 aromatic heterocycles. The largest absolute Gasteiger partial charge is 0.344 e. The molecule has 0 spiro atoms. The Morgan fingerprint density at radius 1 is 0.833 bits per heavy atom. The Bertz CT molecular complexity index is 2450. The van der Waals surface area contributed by atoms with Crippen LogP contribution in [0.1, 0.15) is 35.2 Å². The van der Waals surface area contributed by atoms with Crippen molar-refractivity contribution in [2.24, 2.45) is 4.99 Å². The second-order valence-electron chi connectivity index (χ2n) is 12.7. The van der Waals surface area contributed by atoms with E-state index in [4.69, 9.17) is 0 Å². The molecule has 0 saturated carbocycles. The number of carbonyl (C=O) groups is 3. The van der Waals surface area contributed by atoms with Gasteiger partial charge in [-0.25, -0.2) is 0 Å². The average molecular weight is 727 g/mol. The number of para-hydroxylation sites is 1. The second kappa shape index (κ2) is 16.4. The van der Waals surface area contributed by atoms with Gasteiger partial charge in [0.05, 0.1) is 11.8 Å². The first-order chi connectivity index (χ1) is 26.4. The van der Waals surface area contributed by atoms with Gasteiger partial charge in [-0.3, -0.25) is 19.3 Å². The molecule has 2 heterocycles. The fourth-order valence-corrected chi connectivity index (χ4v) is 7.49. The molecule has 1 N–H and O–H groups in total. The van der Waals surface area contributed by atoms with Crippen LogP contribution in [-0.2, 0) is 20.9 Å². The van der Waals surface area contributed by atoms with Crippen molar-refractivity contribution in [3.8, 4) is 0 Å². The lowest BCUT2D eigenvalue weighted by atomic mass is 9.99. The third-order valence-electron chi connectivity index (χ3n) is 9.25. The third kappa shape index (κ3) is 7.65. The number of nitrogens with zero attached hydrogens (tertiary/aromatic N) is 3. The zero-order valence-corrected chi connectivity index (χ0v) is 30.6. The van der Waals surface area contributed by atoms with Gasteiger partial charge in [0, 0.05) is 34.9 Å². The Hall–Kier alpha value is -6.51. The van der Waals surface area contributed by atoms with Gasteiger partial charge in [-0.1, -0.05) is 158 Å². The Kier molecular flexibility index (Phi) is 10.9. The Morgan fingerprint density at radius 2 is 1.48 bits per heavy atom. The van der Waals surface area contributed by atoms with Crippen molar-refractivity contribution in [2.75, 3.05) is 5.75 Å². The van der Waals surface area contributed by atoms with Gasteiger partial charge in [-0.15, -0.1) is 0 Å². The van der Waals surface area contributed by atoms with E-state index in [1.54, 1.807) is 37.3 Å².